The topological polar surface area (TPSA) is 55.8 Å². The van der Waals surface area contributed by atoms with E-state index in [1.165, 1.54) is 0 Å². The van der Waals surface area contributed by atoms with Crippen LogP contribution in [0, 0.1) is 11.8 Å². The Bertz CT molecular complexity index is 767. The van der Waals surface area contributed by atoms with E-state index in [2.05, 4.69) is 66.0 Å². The molecule has 0 radical (unpaired) electrons. The fraction of sp³-hybridized carbons (Fsp3) is 0.567. The van der Waals surface area contributed by atoms with Crippen molar-refractivity contribution in [1.82, 2.24) is 0 Å². The Labute approximate surface area is 208 Å². The summed E-state index contributed by atoms with van der Waals surface area (Å²) in [6.07, 6.45) is 13.3. The number of allylic oxidation sites excluding steroid dienone is 4. The number of esters is 1. The molecule has 0 spiro atoms. The summed E-state index contributed by atoms with van der Waals surface area (Å²) < 4.78 is 11.7. The number of hydrogen-bond donors (Lipinski definition) is 1. The fourth-order valence-corrected chi connectivity index (χ4v) is 3.85. The van der Waals surface area contributed by atoms with Crippen molar-refractivity contribution in [3.05, 3.63) is 71.9 Å². The van der Waals surface area contributed by atoms with Crippen LogP contribution in [0.5, 0.6) is 0 Å². The van der Waals surface area contributed by atoms with E-state index >= 15 is 0 Å². The number of methoxy groups -OCH3 is 1. The molecule has 0 aliphatic heterocycles. The van der Waals surface area contributed by atoms with E-state index in [0.29, 0.717) is 24.8 Å². The average molecular weight is 473 g/mol. The van der Waals surface area contributed by atoms with Crippen LogP contribution in [0.25, 0.3) is 0 Å². The first-order valence-corrected chi connectivity index (χ1v) is 12.4. The Hall–Kier alpha value is -2.17. The van der Waals surface area contributed by atoms with E-state index in [9.17, 15) is 9.90 Å². The summed E-state index contributed by atoms with van der Waals surface area (Å²) in [5.41, 5.74) is 3.78. The molecule has 0 amide bonds. The van der Waals surface area contributed by atoms with Crippen molar-refractivity contribution < 1.29 is 19.4 Å². The highest BCUT2D eigenvalue weighted by Crippen LogP contribution is 2.25. The summed E-state index contributed by atoms with van der Waals surface area (Å²) in [5, 5.41) is 10.3. The maximum atomic E-state index is 12.5. The minimum Gasteiger partial charge on any atom is -0.458 e. The fourth-order valence-electron chi connectivity index (χ4n) is 3.85. The third-order valence-electron chi connectivity index (χ3n) is 6.05. The molecular weight excluding hydrogens is 424 g/mol. The van der Waals surface area contributed by atoms with Crippen LogP contribution in [0.3, 0.4) is 0 Å². The molecule has 0 aromatic carbocycles. The highest BCUT2D eigenvalue weighted by molar-refractivity contribution is 5.88. The summed E-state index contributed by atoms with van der Waals surface area (Å²) in [6.45, 7) is 21.7. The molecule has 0 saturated heterocycles. The SMILES string of the molecule is C=C/C=C(\CC)C(=O)O[C@@H](C/C=C(C)/C=C(\C)[C@H](OC)[C@H](/C=C(\C)[C@@H](O)CC=C)CC)C(C)C. The van der Waals surface area contributed by atoms with Crippen LogP contribution in [-0.4, -0.2) is 36.5 Å². The first kappa shape index (κ1) is 31.8. The van der Waals surface area contributed by atoms with Crippen molar-refractivity contribution in [2.24, 2.45) is 11.8 Å². The quantitative estimate of drug-likeness (QED) is 0.111. The lowest BCUT2D eigenvalue weighted by atomic mass is 9.89. The third kappa shape index (κ3) is 11.3. The van der Waals surface area contributed by atoms with E-state index in [0.717, 1.165) is 23.1 Å². The molecule has 0 aliphatic carbocycles. The summed E-state index contributed by atoms with van der Waals surface area (Å²) in [6, 6.07) is 0. The van der Waals surface area contributed by atoms with E-state index in [-0.39, 0.29) is 30.0 Å². The minimum absolute atomic E-state index is 0.0888. The molecule has 0 aromatic rings. The van der Waals surface area contributed by atoms with Crippen molar-refractivity contribution in [2.45, 2.75) is 92.5 Å². The normalized spacial score (nSPS) is 17.2. The van der Waals surface area contributed by atoms with Crippen LogP contribution in [0.15, 0.2) is 71.9 Å². The molecule has 0 aliphatic rings. The van der Waals surface area contributed by atoms with Gasteiger partial charge in [-0.3, -0.25) is 0 Å². The monoisotopic (exact) mass is 472 g/mol. The predicted octanol–water partition coefficient (Wildman–Crippen LogP) is 7.28. The molecule has 0 rings (SSSR count). The van der Waals surface area contributed by atoms with E-state index in [4.69, 9.17) is 9.47 Å². The van der Waals surface area contributed by atoms with Gasteiger partial charge in [-0.1, -0.05) is 76.3 Å². The molecule has 4 atom stereocenters. The van der Waals surface area contributed by atoms with Crippen LogP contribution in [0.2, 0.25) is 0 Å². The number of hydrogen-bond acceptors (Lipinski definition) is 4. The molecule has 4 heteroatoms. The molecule has 192 valence electrons. The molecular formula is C30H48O4. The van der Waals surface area contributed by atoms with Gasteiger partial charge in [-0.2, -0.15) is 0 Å². The van der Waals surface area contributed by atoms with Gasteiger partial charge in [0.15, 0.2) is 0 Å². The summed E-state index contributed by atoms with van der Waals surface area (Å²) in [7, 11) is 1.73. The summed E-state index contributed by atoms with van der Waals surface area (Å²) in [5.74, 6) is 0.0816. The van der Waals surface area contributed by atoms with Gasteiger partial charge in [0.1, 0.15) is 6.10 Å². The maximum Gasteiger partial charge on any atom is 0.334 e. The summed E-state index contributed by atoms with van der Waals surface area (Å²) >= 11 is 0. The number of carbonyl (C=O) groups is 1. The Morgan fingerprint density at radius 3 is 2.18 bits per heavy atom. The average Bonchev–Trinajstić information content (AvgIpc) is 2.79. The van der Waals surface area contributed by atoms with Crippen LogP contribution in [0.1, 0.15) is 74.1 Å². The highest BCUT2D eigenvalue weighted by atomic mass is 16.5. The van der Waals surface area contributed by atoms with Gasteiger partial charge in [0.25, 0.3) is 0 Å². The number of carbonyl (C=O) groups excluding carboxylic acids is 1. The van der Waals surface area contributed by atoms with Crippen LogP contribution in [0.4, 0.5) is 0 Å². The molecule has 4 nitrogen and oxygen atoms in total. The zero-order chi connectivity index (χ0) is 26.3. The van der Waals surface area contributed by atoms with Crippen LogP contribution < -0.4 is 0 Å². The minimum atomic E-state index is -0.514. The second-order valence-corrected chi connectivity index (χ2v) is 9.22. The standard InChI is InChI=1S/C30H48O4/c1-11-15-25(13-3)30(32)34-28(21(5)6)18-17-22(7)19-24(9)29(33-10)26(14-4)20-23(8)27(31)16-12-2/h11-12,15,17,19-21,26-29,31H,1-2,13-14,16,18H2,3-10H3/b22-17+,23-20+,24-19+,25-15+/t26-,27-,28-,29-/m0/s1. The molecule has 0 unspecified atom stereocenters. The molecule has 0 bridgehead atoms. The Kier molecular flexibility index (Phi) is 16.2. The number of rotatable bonds is 16. The zero-order valence-electron chi connectivity index (χ0n) is 22.8. The molecule has 34 heavy (non-hydrogen) atoms. The van der Waals surface area contributed by atoms with Gasteiger partial charge in [0.05, 0.1) is 12.2 Å². The van der Waals surface area contributed by atoms with E-state index < -0.39 is 6.10 Å². The number of ether oxygens (including phenoxy) is 2. The van der Waals surface area contributed by atoms with Gasteiger partial charge in [-0.15, -0.1) is 6.58 Å². The second kappa shape index (κ2) is 17.3. The molecule has 1 N–H and O–H groups in total. The van der Waals surface area contributed by atoms with Crippen molar-refractivity contribution in [2.75, 3.05) is 7.11 Å². The Balaban J connectivity index is 5.55. The van der Waals surface area contributed by atoms with Gasteiger partial charge in [0, 0.05) is 25.0 Å². The van der Waals surface area contributed by atoms with Crippen LogP contribution in [-0.2, 0) is 14.3 Å². The first-order valence-electron chi connectivity index (χ1n) is 12.4. The maximum absolute atomic E-state index is 12.5. The lowest BCUT2D eigenvalue weighted by molar-refractivity contribution is -0.146. The van der Waals surface area contributed by atoms with Crippen molar-refractivity contribution in [1.29, 1.82) is 0 Å². The van der Waals surface area contributed by atoms with Gasteiger partial charge in [0.2, 0.25) is 0 Å². The number of aliphatic hydroxyl groups is 1. The third-order valence-corrected chi connectivity index (χ3v) is 6.05. The van der Waals surface area contributed by atoms with Crippen LogP contribution >= 0.6 is 0 Å². The first-order chi connectivity index (χ1) is 16.1. The van der Waals surface area contributed by atoms with Gasteiger partial charge in [-0.05, 0) is 57.1 Å². The highest BCUT2D eigenvalue weighted by Gasteiger charge is 2.22. The largest absolute Gasteiger partial charge is 0.458 e. The lowest BCUT2D eigenvalue weighted by Gasteiger charge is -2.25. The van der Waals surface area contributed by atoms with Crippen molar-refractivity contribution in [3.8, 4) is 0 Å². The summed E-state index contributed by atoms with van der Waals surface area (Å²) in [4.78, 5) is 12.5. The lowest BCUT2D eigenvalue weighted by Crippen LogP contribution is -2.24. The Morgan fingerprint density at radius 1 is 1.06 bits per heavy atom. The molecule has 0 heterocycles. The Morgan fingerprint density at radius 2 is 1.71 bits per heavy atom. The molecule has 0 aromatic heterocycles. The molecule has 0 fully saturated rings. The van der Waals surface area contributed by atoms with Crippen molar-refractivity contribution >= 4 is 5.97 Å². The van der Waals surface area contributed by atoms with E-state index in [1.54, 1.807) is 25.3 Å². The smallest absolute Gasteiger partial charge is 0.334 e. The molecule has 0 saturated carbocycles. The van der Waals surface area contributed by atoms with Crippen molar-refractivity contribution in [3.63, 3.8) is 0 Å². The second-order valence-electron chi connectivity index (χ2n) is 9.22. The number of aliphatic hydroxyl groups excluding tert-OH is 1. The zero-order valence-corrected chi connectivity index (χ0v) is 22.8. The van der Waals surface area contributed by atoms with Gasteiger partial charge in [-0.25, -0.2) is 4.79 Å². The predicted molar refractivity (Wildman–Crippen MR) is 145 cm³/mol. The van der Waals surface area contributed by atoms with E-state index in [1.807, 2.05) is 13.8 Å². The van der Waals surface area contributed by atoms with Gasteiger partial charge < -0.3 is 14.6 Å². The van der Waals surface area contributed by atoms with Gasteiger partial charge >= 0.3 is 5.97 Å².